The summed E-state index contributed by atoms with van der Waals surface area (Å²) in [5, 5.41) is 0. The van der Waals surface area contributed by atoms with Crippen molar-refractivity contribution in [3.63, 3.8) is 0 Å². The number of halogens is 3. The Bertz CT molecular complexity index is 481. The first-order chi connectivity index (χ1) is 6.79. The van der Waals surface area contributed by atoms with Crippen LogP contribution in [0.3, 0.4) is 0 Å². The average Bonchev–Trinajstić information content (AvgIpc) is 2.16. The van der Waals surface area contributed by atoms with Crippen molar-refractivity contribution in [1.29, 1.82) is 0 Å². The maximum absolute atomic E-state index is 12.1. The Hall–Kier alpha value is -1.02. The first-order valence-electron chi connectivity index (χ1n) is 3.54. The third-order valence-corrected chi connectivity index (χ3v) is 3.23. The van der Waals surface area contributed by atoms with Crippen molar-refractivity contribution in [2.24, 2.45) is 4.36 Å². The molecule has 0 aromatic heterocycles. The summed E-state index contributed by atoms with van der Waals surface area (Å²) in [6.45, 7) is 0. The van der Waals surface area contributed by atoms with Crippen LogP contribution >= 0.6 is 0 Å². The fourth-order valence-electron chi connectivity index (χ4n) is 0.841. The Labute approximate surface area is 89.0 Å². The molecule has 0 spiro atoms. The third kappa shape index (κ3) is 2.32. The molecule has 0 aliphatic rings. The fourth-order valence-corrected chi connectivity index (χ4v) is 1.76. The first kappa shape index (κ1) is 12.1. The molecule has 82 valence electrons. The third-order valence-electron chi connectivity index (χ3n) is 1.54. The van der Waals surface area contributed by atoms with E-state index >= 15 is 0 Å². The molecule has 15 heavy (non-hydrogen) atoms. The molecule has 8 heteroatoms. The van der Waals surface area contributed by atoms with E-state index in [1.54, 1.807) is 0 Å². The van der Waals surface area contributed by atoms with Gasteiger partial charge in [-0.05, 0) is 18.2 Å². The lowest BCUT2D eigenvalue weighted by atomic mass is 10.3. The van der Waals surface area contributed by atoms with Gasteiger partial charge in [-0.15, -0.1) is 0 Å². The molecule has 1 rings (SSSR count). The van der Waals surface area contributed by atoms with Crippen LogP contribution in [0.2, 0.25) is 0 Å². The van der Waals surface area contributed by atoms with Crippen LogP contribution in [0.1, 0.15) is 0 Å². The number of benzene rings is 1. The number of sulfone groups is 1. The smallest absolute Gasteiger partial charge is 0.214 e. The Morgan fingerprint density at radius 3 is 2.33 bits per heavy atom. The van der Waals surface area contributed by atoms with Crippen molar-refractivity contribution in [2.75, 3.05) is 0 Å². The Morgan fingerprint density at radius 1 is 1.27 bits per heavy atom. The molecule has 0 radical (unpaired) electrons. The number of alkyl halides is 3. The Morgan fingerprint density at radius 2 is 1.87 bits per heavy atom. The minimum atomic E-state index is -5.32. The van der Waals surface area contributed by atoms with Gasteiger partial charge in [0.2, 0.25) is 0 Å². The normalized spacial score (nSPS) is 12.5. The van der Waals surface area contributed by atoms with Gasteiger partial charge >= 0.3 is 5.51 Å². The van der Waals surface area contributed by atoms with Crippen LogP contribution in [0.15, 0.2) is 33.5 Å². The van der Waals surface area contributed by atoms with Gasteiger partial charge in [0.25, 0.3) is 9.84 Å². The molecule has 0 amide bonds. The molecule has 0 unspecified atom stereocenters. The van der Waals surface area contributed by atoms with Gasteiger partial charge in [-0.1, -0.05) is 6.07 Å². The van der Waals surface area contributed by atoms with Gasteiger partial charge in [0.05, 0.1) is 10.6 Å². The van der Waals surface area contributed by atoms with Crippen molar-refractivity contribution in [1.82, 2.24) is 0 Å². The number of hydrogen-bond donors (Lipinski definition) is 0. The quantitative estimate of drug-likeness (QED) is 0.814. The zero-order valence-electron chi connectivity index (χ0n) is 7.02. The lowest BCUT2D eigenvalue weighted by molar-refractivity contribution is -0.0435. The molecule has 0 atom stereocenters. The van der Waals surface area contributed by atoms with Crippen LogP contribution in [0.5, 0.6) is 0 Å². The van der Waals surface area contributed by atoms with Gasteiger partial charge in [0.1, 0.15) is 0 Å². The Kier molecular flexibility index (Phi) is 3.10. The summed E-state index contributed by atoms with van der Waals surface area (Å²) in [4.78, 5) is -0.860. The summed E-state index contributed by atoms with van der Waals surface area (Å²) >= 11 is 4.24. The summed E-state index contributed by atoms with van der Waals surface area (Å²) in [6.07, 6.45) is 0. The summed E-state index contributed by atoms with van der Waals surface area (Å²) in [6, 6.07) is 4.06. The van der Waals surface area contributed by atoms with Gasteiger partial charge in [-0.2, -0.15) is 17.5 Å². The van der Waals surface area contributed by atoms with E-state index in [2.05, 4.69) is 16.8 Å². The molecule has 0 saturated carbocycles. The molecule has 0 aliphatic carbocycles. The van der Waals surface area contributed by atoms with Crippen LogP contribution < -0.4 is 0 Å². The van der Waals surface area contributed by atoms with Crippen LogP contribution in [0, 0.1) is 0 Å². The lowest BCUT2D eigenvalue weighted by Gasteiger charge is -2.07. The minimum Gasteiger partial charge on any atom is -0.214 e. The second-order valence-corrected chi connectivity index (χ2v) is 4.66. The predicted octanol–water partition coefficient (Wildman–Crippen LogP) is 2.34. The highest BCUT2D eigenvalue weighted by Crippen LogP contribution is 2.31. The molecule has 0 heterocycles. The van der Waals surface area contributed by atoms with E-state index in [1.165, 1.54) is 6.07 Å². The lowest BCUT2D eigenvalue weighted by Crippen LogP contribution is -2.23. The van der Waals surface area contributed by atoms with Crippen molar-refractivity contribution in [3.8, 4) is 0 Å². The summed E-state index contributed by atoms with van der Waals surface area (Å²) < 4.78 is 61.4. The largest absolute Gasteiger partial charge is 0.501 e. The standard InChI is InChI=1S/C7H4F3NO2S2/c8-7(9,10)15(12,13)6-3-1-2-5(4-6)11-14/h1-4H. The highest BCUT2D eigenvalue weighted by molar-refractivity contribution is 7.92. The molecule has 1 aromatic carbocycles. The van der Waals surface area contributed by atoms with Gasteiger partial charge in [-0.25, -0.2) is 8.42 Å². The number of hydrogen-bond acceptors (Lipinski definition) is 4. The van der Waals surface area contributed by atoms with Gasteiger partial charge in [0, 0.05) is 12.4 Å². The highest BCUT2D eigenvalue weighted by Gasteiger charge is 2.46. The highest BCUT2D eigenvalue weighted by atomic mass is 32.2. The van der Waals surface area contributed by atoms with Crippen LogP contribution in [-0.2, 0) is 22.3 Å². The summed E-state index contributed by atoms with van der Waals surface area (Å²) in [7, 11) is -5.32. The summed E-state index contributed by atoms with van der Waals surface area (Å²) in [5.41, 5.74) is -5.32. The maximum atomic E-state index is 12.1. The zero-order chi connectivity index (χ0) is 11.7. The number of nitrogens with zero attached hydrogens (tertiary/aromatic N) is 1. The molecule has 0 aliphatic heterocycles. The van der Waals surface area contributed by atoms with Crippen molar-refractivity contribution in [3.05, 3.63) is 24.3 Å². The monoisotopic (exact) mass is 255 g/mol. The Balaban J connectivity index is 3.34. The van der Waals surface area contributed by atoms with Gasteiger partial charge in [0.15, 0.2) is 0 Å². The molecular formula is C7H4F3NO2S2. The molecule has 3 nitrogen and oxygen atoms in total. The van der Waals surface area contributed by atoms with Crippen molar-refractivity contribution >= 4 is 27.9 Å². The van der Waals surface area contributed by atoms with Crippen molar-refractivity contribution < 1.29 is 21.6 Å². The first-order valence-corrected chi connectivity index (χ1v) is 5.38. The molecule has 0 saturated heterocycles. The average molecular weight is 255 g/mol. The summed E-state index contributed by atoms with van der Waals surface area (Å²) in [5.74, 6) is 0. The second-order valence-electron chi connectivity index (χ2n) is 2.54. The molecular weight excluding hydrogens is 251 g/mol. The predicted molar refractivity (Wildman–Crippen MR) is 49.1 cm³/mol. The topological polar surface area (TPSA) is 46.5 Å². The van der Waals surface area contributed by atoms with Crippen molar-refractivity contribution in [2.45, 2.75) is 10.4 Å². The van der Waals surface area contributed by atoms with E-state index < -0.39 is 20.2 Å². The van der Waals surface area contributed by atoms with E-state index in [0.29, 0.717) is 0 Å². The van der Waals surface area contributed by atoms with E-state index in [-0.39, 0.29) is 5.69 Å². The molecule has 0 N–H and O–H groups in total. The SMILES string of the molecule is O=S(=O)(c1cccc(N=S)c1)C(F)(F)F. The zero-order valence-corrected chi connectivity index (χ0v) is 8.66. The van der Waals surface area contributed by atoms with Gasteiger partial charge in [-0.3, -0.25) is 0 Å². The van der Waals surface area contributed by atoms with Gasteiger partial charge < -0.3 is 0 Å². The van der Waals surface area contributed by atoms with E-state index in [9.17, 15) is 21.6 Å². The van der Waals surface area contributed by atoms with Crippen LogP contribution in [0.4, 0.5) is 18.9 Å². The van der Waals surface area contributed by atoms with E-state index in [4.69, 9.17) is 0 Å². The van der Waals surface area contributed by atoms with Crippen LogP contribution in [0.25, 0.3) is 0 Å². The molecule has 0 fully saturated rings. The minimum absolute atomic E-state index is 0.00433. The van der Waals surface area contributed by atoms with Crippen LogP contribution in [-0.4, -0.2) is 13.9 Å². The second kappa shape index (κ2) is 3.86. The molecule has 0 bridgehead atoms. The van der Waals surface area contributed by atoms with E-state index in [0.717, 1.165) is 18.2 Å². The fraction of sp³-hybridized carbons (Fsp3) is 0.143. The van der Waals surface area contributed by atoms with E-state index in [1.807, 2.05) is 0 Å². The number of rotatable bonds is 2. The molecule has 1 aromatic rings. The maximum Gasteiger partial charge on any atom is 0.501 e.